The minimum Gasteiger partial charge on any atom is -0.378 e. The minimum atomic E-state index is 0.705. The minimum absolute atomic E-state index is 0.705. The molecule has 0 spiro atoms. The van der Waals surface area contributed by atoms with Crippen molar-refractivity contribution in [3.8, 4) is 0 Å². The number of aromatic amines is 1. The molecule has 1 aromatic heterocycles. The standard InChI is InChI=1S/C15H19BrN4/c16-14-9-18-15(19-14)10-17-13-5-3-12(4-6-13)11-20-7-1-2-8-20/h3-6,9,17H,1-2,7-8,10-11H2,(H,18,19). The summed E-state index contributed by atoms with van der Waals surface area (Å²) in [5.41, 5.74) is 2.51. The molecule has 2 heterocycles. The lowest BCUT2D eigenvalue weighted by Crippen LogP contribution is -2.18. The summed E-state index contributed by atoms with van der Waals surface area (Å²) in [6, 6.07) is 8.70. The van der Waals surface area contributed by atoms with Gasteiger partial charge in [-0.25, -0.2) is 4.98 Å². The van der Waals surface area contributed by atoms with Crippen LogP contribution in [0.4, 0.5) is 5.69 Å². The topological polar surface area (TPSA) is 44.0 Å². The Morgan fingerprint density at radius 3 is 2.60 bits per heavy atom. The van der Waals surface area contributed by atoms with Crippen molar-refractivity contribution < 1.29 is 0 Å². The zero-order valence-electron chi connectivity index (χ0n) is 11.4. The van der Waals surface area contributed by atoms with E-state index in [9.17, 15) is 0 Å². The van der Waals surface area contributed by atoms with Gasteiger partial charge in [0.25, 0.3) is 0 Å². The number of halogens is 1. The summed E-state index contributed by atoms with van der Waals surface area (Å²) >= 11 is 3.36. The van der Waals surface area contributed by atoms with E-state index in [0.29, 0.717) is 6.54 Å². The van der Waals surface area contributed by atoms with Gasteiger partial charge in [-0.15, -0.1) is 0 Å². The third-order valence-electron chi connectivity index (χ3n) is 3.62. The van der Waals surface area contributed by atoms with Gasteiger partial charge in [0.2, 0.25) is 0 Å². The number of likely N-dealkylation sites (tertiary alicyclic amines) is 1. The Labute approximate surface area is 127 Å². The van der Waals surface area contributed by atoms with Crippen LogP contribution in [0.25, 0.3) is 0 Å². The Morgan fingerprint density at radius 1 is 1.20 bits per heavy atom. The zero-order valence-corrected chi connectivity index (χ0v) is 13.0. The van der Waals surface area contributed by atoms with Crippen LogP contribution >= 0.6 is 15.9 Å². The van der Waals surface area contributed by atoms with Crippen molar-refractivity contribution >= 4 is 21.6 Å². The largest absolute Gasteiger partial charge is 0.378 e. The molecule has 5 heteroatoms. The van der Waals surface area contributed by atoms with E-state index in [2.05, 4.69) is 60.4 Å². The lowest BCUT2D eigenvalue weighted by Gasteiger charge is -2.14. The Hall–Kier alpha value is -1.33. The Morgan fingerprint density at radius 2 is 1.95 bits per heavy atom. The van der Waals surface area contributed by atoms with Gasteiger partial charge in [-0.3, -0.25) is 4.90 Å². The van der Waals surface area contributed by atoms with Gasteiger partial charge in [0, 0.05) is 12.2 Å². The average Bonchev–Trinajstić information content (AvgIpc) is 3.10. The Balaban J connectivity index is 1.52. The van der Waals surface area contributed by atoms with Gasteiger partial charge in [-0.05, 0) is 59.6 Å². The predicted octanol–water partition coefficient (Wildman–Crippen LogP) is 3.38. The SMILES string of the molecule is Brc1cnc(CNc2ccc(CN3CCCC3)cc2)[nH]1. The summed E-state index contributed by atoms with van der Waals surface area (Å²) in [4.78, 5) is 9.90. The maximum atomic E-state index is 4.25. The fourth-order valence-corrected chi connectivity index (χ4v) is 2.87. The molecule has 3 rings (SSSR count). The average molecular weight is 335 g/mol. The maximum absolute atomic E-state index is 4.25. The highest BCUT2D eigenvalue weighted by Gasteiger charge is 2.11. The predicted molar refractivity (Wildman–Crippen MR) is 84.6 cm³/mol. The molecule has 0 saturated carbocycles. The number of rotatable bonds is 5. The van der Waals surface area contributed by atoms with Crippen LogP contribution in [0.15, 0.2) is 35.1 Å². The van der Waals surface area contributed by atoms with Gasteiger partial charge in [-0.1, -0.05) is 12.1 Å². The molecule has 1 aliphatic heterocycles. The first-order chi connectivity index (χ1) is 9.79. The van der Waals surface area contributed by atoms with Gasteiger partial charge >= 0.3 is 0 Å². The first-order valence-electron chi connectivity index (χ1n) is 7.04. The van der Waals surface area contributed by atoms with Crippen molar-refractivity contribution in [1.29, 1.82) is 0 Å². The number of benzene rings is 1. The van der Waals surface area contributed by atoms with Gasteiger partial charge in [0.1, 0.15) is 10.4 Å². The normalized spacial score (nSPS) is 15.7. The summed E-state index contributed by atoms with van der Waals surface area (Å²) in [5, 5.41) is 3.37. The molecule has 0 bridgehead atoms. The van der Waals surface area contributed by atoms with Crippen molar-refractivity contribution in [2.75, 3.05) is 18.4 Å². The van der Waals surface area contributed by atoms with E-state index < -0.39 is 0 Å². The van der Waals surface area contributed by atoms with E-state index in [1.165, 1.54) is 31.5 Å². The molecular weight excluding hydrogens is 316 g/mol. The smallest absolute Gasteiger partial charge is 0.126 e. The van der Waals surface area contributed by atoms with E-state index >= 15 is 0 Å². The fraction of sp³-hybridized carbons (Fsp3) is 0.400. The highest BCUT2D eigenvalue weighted by Crippen LogP contribution is 2.15. The molecule has 106 valence electrons. The molecule has 1 aliphatic rings. The van der Waals surface area contributed by atoms with Gasteiger partial charge in [0.15, 0.2) is 0 Å². The number of nitrogens with one attached hydrogen (secondary N) is 2. The molecule has 4 nitrogen and oxygen atoms in total. The van der Waals surface area contributed by atoms with Crippen LogP contribution in [0.3, 0.4) is 0 Å². The van der Waals surface area contributed by atoms with Crippen LogP contribution in [0.1, 0.15) is 24.2 Å². The first-order valence-corrected chi connectivity index (χ1v) is 7.83. The Bertz CT molecular complexity index is 543. The molecule has 0 radical (unpaired) electrons. The summed E-state index contributed by atoms with van der Waals surface area (Å²) in [5.74, 6) is 0.929. The summed E-state index contributed by atoms with van der Waals surface area (Å²) < 4.78 is 0.912. The number of hydrogen-bond acceptors (Lipinski definition) is 3. The molecular formula is C15H19BrN4. The van der Waals surface area contributed by atoms with E-state index in [1.54, 1.807) is 6.20 Å². The molecule has 20 heavy (non-hydrogen) atoms. The van der Waals surface area contributed by atoms with Gasteiger partial charge in [-0.2, -0.15) is 0 Å². The highest BCUT2D eigenvalue weighted by atomic mass is 79.9. The number of aromatic nitrogens is 2. The van der Waals surface area contributed by atoms with Gasteiger partial charge < -0.3 is 10.3 Å². The second kappa shape index (κ2) is 6.41. The van der Waals surface area contributed by atoms with Crippen LogP contribution in [-0.2, 0) is 13.1 Å². The molecule has 0 aliphatic carbocycles. The van der Waals surface area contributed by atoms with Crippen LogP contribution < -0.4 is 5.32 Å². The first kappa shape index (κ1) is 13.6. The molecule has 2 N–H and O–H groups in total. The quantitative estimate of drug-likeness (QED) is 0.880. The molecule has 0 unspecified atom stereocenters. The van der Waals surface area contributed by atoms with E-state index in [4.69, 9.17) is 0 Å². The fourth-order valence-electron chi connectivity index (χ4n) is 2.54. The summed E-state index contributed by atoms with van der Waals surface area (Å²) in [7, 11) is 0. The molecule has 0 amide bonds. The van der Waals surface area contributed by atoms with Gasteiger partial charge in [0.05, 0.1) is 12.7 Å². The molecule has 1 saturated heterocycles. The summed E-state index contributed by atoms with van der Waals surface area (Å²) in [6.07, 6.45) is 4.47. The zero-order chi connectivity index (χ0) is 13.8. The number of nitrogens with zero attached hydrogens (tertiary/aromatic N) is 2. The number of H-pyrrole nitrogens is 1. The molecule has 0 atom stereocenters. The van der Waals surface area contributed by atoms with Crippen LogP contribution in [0.2, 0.25) is 0 Å². The van der Waals surface area contributed by atoms with Crippen LogP contribution in [0.5, 0.6) is 0 Å². The number of imidazole rings is 1. The second-order valence-electron chi connectivity index (χ2n) is 5.21. The number of anilines is 1. The molecule has 2 aromatic rings. The van der Waals surface area contributed by atoms with Crippen molar-refractivity contribution in [1.82, 2.24) is 14.9 Å². The highest BCUT2D eigenvalue weighted by molar-refractivity contribution is 9.10. The summed E-state index contributed by atoms with van der Waals surface area (Å²) in [6.45, 7) is 4.27. The monoisotopic (exact) mass is 334 g/mol. The van der Waals surface area contributed by atoms with E-state index in [0.717, 1.165) is 22.7 Å². The maximum Gasteiger partial charge on any atom is 0.126 e. The third kappa shape index (κ3) is 3.61. The molecule has 1 fully saturated rings. The van der Waals surface area contributed by atoms with Crippen LogP contribution in [-0.4, -0.2) is 28.0 Å². The van der Waals surface area contributed by atoms with Crippen molar-refractivity contribution in [3.63, 3.8) is 0 Å². The van der Waals surface area contributed by atoms with Crippen molar-refractivity contribution in [2.45, 2.75) is 25.9 Å². The lowest BCUT2D eigenvalue weighted by molar-refractivity contribution is 0.331. The Kier molecular flexibility index (Phi) is 4.38. The third-order valence-corrected chi connectivity index (χ3v) is 4.02. The van der Waals surface area contributed by atoms with Crippen molar-refractivity contribution in [3.05, 3.63) is 46.5 Å². The van der Waals surface area contributed by atoms with Crippen molar-refractivity contribution in [2.24, 2.45) is 0 Å². The second-order valence-corrected chi connectivity index (χ2v) is 6.07. The van der Waals surface area contributed by atoms with E-state index in [1.807, 2.05) is 0 Å². The van der Waals surface area contributed by atoms with E-state index in [-0.39, 0.29) is 0 Å². The number of hydrogen-bond donors (Lipinski definition) is 2. The van der Waals surface area contributed by atoms with Crippen LogP contribution in [0, 0.1) is 0 Å². The molecule has 1 aromatic carbocycles. The lowest BCUT2D eigenvalue weighted by atomic mass is 10.2.